The lowest BCUT2D eigenvalue weighted by atomic mass is 9.95. The number of amides is 1. The highest BCUT2D eigenvalue weighted by Gasteiger charge is 2.34. The van der Waals surface area contributed by atoms with Crippen LogP contribution in [-0.2, 0) is 6.18 Å². The zero-order valence-electron chi connectivity index (χ0n) is 12.2. The second-order valence-electron chi connectivity index (χ2n) is 5.65. The molecule has 0 unspecified atom stereocenters. The molecule has 1 aromatic rings. The smallest absolute Gasteiger partial charge is 0.334 e. The standard InChI is InChI=1S/C15H18F4N2O/c1-9(20)13-4-2-3-5-21(13)14(22)10-6-11(15(17,18)19)8-12(16)7-10/h6-9,13H,2-5,20H2,1H3/t9-,13-/m0/s1. The normalized spacial score (nSPS) is 20.8. The van der Waals surface area contributed by atoms with E-state index in [1.165, 1.54) is 4.90 Å². The monoisotopic (exact) mass is 318 g/mol. The number of carbonyl (C=O) groups is 1. The third kappa shape index (κ3) is 3.58. The molecular weight excluding hydrogens is 300 g/mol. The first kappa shape index (κ1) is 16.7. The Bertz CT molecular complexity index is 557. The van der Waals surface area contributed by atoms with Gasteiger partial charge in [-0.15, -0.1) is 0 Å². The number of hydrogen-bond acceptors (Lipinski definition) is 2. The third-order valence-electron chi connectivity index (χ3n) is 3.89. The van der Waals surface area contributed by atoms with Crippen LogP contribution in [-0.4, -0.2) is 29.4 Å². The van der Waals surface area contributed by atoms with Gasteiger partial charge in [-0.25, -0.2) is 4.39 Å². The van der Waals surface area contributed by atoms with Crippen molar-refractivity contribution in [3.63, 3.8) is 0 Å². The Morgan fingerprint density at radius 1 is 1.32 bits per heavy atom. The molecule has 1 aliphatic heterocycles. The summed E-state index contributed by atoms with van der Waals surface area (Å²) < 4.78 is 51.7. The first-order valence-corrected chi connectivity index (χ1v) is 7.14. The van der Waals surface area contributed by atoms with Gasteiger partial charge in [-0.2, -0.15) is 13.2 Å². The lowest BCUT2D eigenvalue weighted by Crippen LogP contribution is -2.51. The van der Waals surface area contributed by atoms with E-state index in [4.69, 9.17) is 5.73 Å². The van der Waals surface area contributed by atoms with E-state index in [2.05, 4.69) is 0 Å². The Kier molecular flexibility index (Phi) is 4.75. The van der Waals surface area contributed by atoms with E-state index < -0.39 is 23.5 Å². The Balaban J connectivity index is 2.34. The summed E-state index contributed by atoms with van der Waals surface area (Å²) in [6.45, 7) is 2.17. The van der Waals surface area contributed by atoms with E-state index >= 15 is 0 Å². The molecule has 22 heavy (non-hydrogen) atoms. The molecular formula is C15H18F4N2O. The molecule has 1 aliphatic rings. The number of alkyl halides is 3. The zero-order valence-corrected chi connectivity index (χ0v) is 12.2. The van der Waals surface area contributed by atoms with Crippen molar-refractivity contribution in [2.75, 3.05) is 6.54 Å². The number of nitrogens with two attached hydrogens (primary N) is 1. The first-order valence-electron chi connectivity index (χ1n) is 7.14. The molecule has 122 valence electrons. The molecule has 1 saturated heterocycles. The molecule has 1 fully saturated rings. The minimum atomic E-state index is -4.69. The van der Waals surface area contributed by atoms with Gasteiger partial charge in [0, 0.05) is 24.2 Å². The summed E-state index contributed by atoms with van der Waals surface area (Å²) >= 11 is 0. The Morgan fingerprint density at radius 2 is 2.00 bits per heavy atom. The van der Waals surface area contributed by atoms with Crippen LogP contribution in [0.15, 0.2) is 18.2 Å². The van der Waals surface area contributed by atoms with Crippen LogP contribution in [0.2, 0.25) is 0 Å². The van der Waals surface area contributed by atoms with Crippen molar-refractivity contribution in [3.05, 3.63) is 35.1 Å². The van der Waals surface area contributed by atoms with Crippen LogP contribution >= 0.6 is 0 Å². The predicted molar refractivity (Wildman–Crippen MR) is 73.7 cm³/mol. The summed E-state index contributed by atoms with van der Waals surface area (Å²) in [5, 5.41) is 0. The fraction of sp³-hybridized carbons (Fsp3) is 0.533. The maximum Gasteiger partial charge on any atom is 0.416 e. The summed E-state index contributed by atoms with van der Waals surface area (Å²) in [5.41, 5.74) is 4.40. The number of halogens is 4. The van der Waals surface area contributed by atoms with E-state index in [9.17, 15) is 22.4 Å². The summed E-state index contributed by atoms with van der Waals surface area (Å²) in [5.74, 6) is -1.68. The van der Waals surface area contributed by atoms with Gasteiger partial charge in [0.2, 0.25) is 0 Å². The lowest BCUT2D eigenvalue weighted by Gasteiger charge is -2.38. The molecule has 3 nitrogen and oxygen atoms in total. The fourth-order valence-corrected chi connectivity index (χ4v) is 2.80. The molecule has 2 rings (SSSR count). The molecule has 1 heterocycles. The molecule has 2 N–H and O–H groups in total. The van der Waals surface area contributed by atoms with Crippen LogP contribution in [0.4, 0.5) is 17.6 Å². The maximum absolute atomic E-state index is 13.4. The Morgan fingerprint density at radius 3 is 2.59 bits per heavy atom. The van der Waals surface area contributed by atoms with Crippen LogP contribution in [0.1, 0.15) is 42.1 Å². The van der Waals surface area contributed by atoms with Crippen molar-refractivity contribution in [2.45, 2.75) is 44.4 Å². The summed E-state index contributed by atoms with van der Waals surface area (Å²) in [6, 6.07) is 1.39. The van der Waals surface area contributed by atoms with Crippen LogP contribution in [0.5, 0.6) is 0 Å². The number of rotatable bonds is 2. The molecule has 0 spiro atoms. The summed E-state index contributed by atoms with van der Waals surface area (Å²) in [6.07, 6.45) is -2.33. The zero-order chi connectivity index (χ0) is 16.5. The first-order chi connectivity index (χ1) is 10.2. The number of nitrogens with zero attached hydrogens (tertiary/aromatic N) is 1. The molecule has 2 atom stereocenters. The van der Waals surface area contributed by atoms with Crippen LogP contribution in [0, 0.1) is 5.82 Å². The molecule has 0 aliphatic carbocycles. The van der Waals surface area contributed by atoms with Gasteiger partial charge in [0.25, 0.3) is 5.91 Å². The molecule has 0 bridgehead atoms. The molecule has 0 radical (unpaired) electrons. The van der Waals surface area contributed by atoms with E-state index in [1.807, 2.05) is 0 Å². The molecule has 7 heteroatoms. The van der Waals surface area contributed by atoms with E-state index in [0.717, 1.165) is 18.9 Å². The largest absolute Gasteiger partial charge is 0.416 e. The van der Waals surface area contributed by atoms with Crippen molar-refractivity contribution in [2.24, 2.45) is 5.73 Å². The van der Waals surface area contributed by atoms with Gasteiger partial charge in [0.05, 0.1) is 5.56 Å². The van der Waals surface area contributed by atoms with Gasteiger partial charge >= 0.3 is 6.18 Å². The highest BCUT2D eigenvalue weighted by molar-refractivity contribution is 5.94. The number of likely N-dealkylation sites (tertiary alicyclic amines) is 1. The van der Waals surface area contributed by atoms with Crippen molar-refractivity contribution in [1.82, 2.24) is 4.90 Å². The van der Waals surface area contributed by atoms with Crippen LogP contribution < -0.4 is 5.73 Å². The molecule has 0 aromatic heterocycles. The quantitative estimate of drug-likeness (QED) is 0.851. The molecule has 1 aromatic carbocycles. The van der Waals surface area contributed by atoms with Crippen molar-refractivity contribution >= 4 is 5.91 Å². The van der Waals surface area contributed by atoms with E-state index in [1.54, 1.807) is 6.92 Å². The van der Waals surface area contributed by atoms with Gasteiger partial charge < -0.3 is 10.6 Å². The average molecular weight is 318 g/mol. The van der Waals surface area contributed by atoms with Gasteiger partial charge in [-0.05, 0) is 44.4 Å². The highest BCUT2D eigenvalue weighted by Crippen LogP contribution is 2.31. The fourth-order valence-electron chi connectivity index (χ4n) is 2.80. The summed E-state index contributed by atoms with van der Waals surface area (Å²) in [4.78, 5) is 13.9. The number of hydrogen-bond donors (Lipinski definition) is 1. The Hall–Kier alpha value is -1.63. The molecule has 1 amide bonds. The SMILES string of the molecule is C[C@H](N)[C@@H]1CCCCN1C(=O)c1cc(F)cc(C(F)(F)F)c1. The predicted octanol–water partition coefficient (Wildman–Crippen LogP) is 3.19. The third-order valence-corrected chi connectivity index (χ3v) is 3.89. The number of piperidine rings is 1. The van der Waals surface area contributed by atoms with Crippen molar-refractivity contribution < 1.29 is 22.4 Å². The van der Waals surface area contributed by atoms with Crippen molar-refractivity contribution in [1.29, 1.82) is 0 Å². The van der Waals surface area contributed by atoms with E-state index in [0.29, 0.717) is 25.1 Å². The maximum atomic E-state index is 13.4. The number of carbonyl (C=O) groups excluding carboxylic acids is 1. The van der Waals surface area contributed by atoms with Crippen LogP contribution in [0.25, 0.3) is 0 Å². The topological polar surface area (TPSA) is 46.3 Å². The van der Waals surface area contributed by atoms with Crippen LogP contribution in [0.3, 0.4) is 0 Å². The van der Waals surface area contributed by atoms with Gasteiger partial charge in [0.15, 0.2) is 0 Å². The minimum Gasteiger partial charge on any atom is -0.334 e. The lowest BCUT2D eigenvalue weighted by molar-refractivity contribution is -0.137. The summed E-state index contributed by atoms with van der Waals surface area (Å²) in [7, 11) is 0. The molecule has 0 saturated carbocycles. The second-order valence-corrected chi connectivity index (χ2v) is 5.65. The number of benzene rings is 1. The average Bonchev–Trinajstić information content (AvgIpc) is 2.45. The minimum absolute atomic E-state index is 0.237. The van der Waals surface area contributed by atoms with Gasteiger partial charge in [-0.1, -0.05) is 0 Å². The van der Waals surface area contributed by atoms with Gasteiger partial charge in [-0.3, -0.25) is 4.79 Å². The Labute approximate surface area is 126 Å². The van der Waals surface area contributed by atoms with Crippen molar-refractivity contribution in [3.8, 4) is 0 Å². The second kappa shape index (κ2) is 6.24. The van der Waals surface area contributed by atoms with E-state index in [-0.39, 0.29) is 17.6 Å². The van der Waals surface area contributed by atoms with Gasteiger partial charge in [0.1, 0.15) is 5.82 Å². The highest BCUT2D eigenvalue weighted by atomic mass is 19.4.